The number of rotatable bonds is 3. The van der Waals surface area contributed by atoms with Crippen LogP contribution >= 0.6 is 12.2 Å². The number of sulfonamides is 1. The summed E-state index contributed by atoms with van der Waals surface area (Å²) in [4.78, 5) is 4.13. The van der Waals surface area contributed by atoms with Crippen molar-refractivity contribution in [2.75, 3.05) is 5.32 Å². The number of aromatic nitrogens is 3. The SMILES string of the molecule is Cc1n[nH]c(=S)nc1Nc1ccc(S(N)(=O)=O)cc1. The van der Waals surface area contributed by atoms with Crippen LogP contribution in [-0.2, 0) is 10.0 Å². The molecule has 0 radical (unpaired) electrons. The van der Waals surface area contributed by atoms with Gasteiger partial charge in [0.25, 0.3) is 0 Å². The summed E-state index contributed by atoms with van der Waals surface area (Å²) in [5.41, 5.74) is 1.30. The maximum atomic E-state index is 11.1. The average molecular weight is 297 g/mol. The van der Waals surface area contributed by atoms with Gasteiger partial charge in [0.2, 0.25) is 14.8 Å². The van der Waals surface area contributed by atoms with Crippen molar-refractivity contribution in [3.8, 4) is 0 Å². The monoisotopic (exact) mass is 297 g/mol. The molecule has 0 bridgehead atoms. The van der Waals surface area contributed by atoms with E-state index in [1.54, 1.807) is 19.1 Å². The van der Waals surface area contributed by atoms with Gasteiger partial charge in [-0.25, -0.2) is 13.6 Å². The minimum atomic E-state index is -3.68. The van der Waals surface area contributed by atoms with Crippen LogP contribution in [-0.4, -0.2) is 23.6 Å². The first kappa shape index (κ1) is 13.6. The van der Waals surface area contributed by atoms with Crippen LogP contribution in [0, 0.1) is 11.7 Å². The number of anilines is 2. The van der Waals surface area contributed by atoms with Crippen LogP contribution in [0.2, 0.25) is 0 Å². The number of primary sulfonamides is 1. The number of hydrogen-bond acceptors (Lipinski definition) is 6. The largest absolute Gasteiger partial charge is 0.339 e. The standard InChI is InChI=1S/C10H11N5O2S2/c1-6-9(13-10(18)15-14-6)12-7-2-4-8(5-3-7)19(11,16)17/h2-5H,1H3,(H2,11,16,17)(H2,12,13,15,18). The Balaban J connectivity index is 2.30. The van der Waals surface area contributed by atoms with E-state index in [-0.39, 0.29) is 9.67 Å². The molecule has 1 heterocycles. The van der Waals surface area contributed by atoms with Gasteiger partial charge >= 0.3 is 0 Å². The van der Waals surface area contributed by atoms with Crippen molar-refractivity contribution in [2.24, 2.45) is 5.14 Å². The van der Waals surface area contributed by atoms with Gasteiger partial charge in [0.1, 0.15) is 5.69 Å². The summed E-state index contributed by atoms with van der Waals surface area (Å²) in [6.07, 6.45) is 0. The van der Waals surface area contributed by atoms with Gasteiger partial charge in [-0.2, -0.15) is 10.1 Å². The topological polar surface area (TPSA) is 114 Å². The van der Waals surface area contributed by atoms with Gasteiger partial charge in [0.05, 0.1) is 4.90 Å². The molecule has 0 spiro atoms. The number of hydrogen-bond donors (Lipinski definition) is 3. The number of aryl methyl sites for hydroxylation is 1. The maximum absolute atomic E-state index is 11.1. The molecule has 0 atom stereocenters. The summed E-state index contributed by atoms with van der Waals surface area (Å²) in [7, 11) is -3.68. The molecular formula is C10H11N5O2S2. The predicted octanol–water partition coefficient (Wildman–Crippen LogP) is 1.23. The maximum Gasteiger partial charge on any atom is 0.238 e. The van der Waals surface area contributed by atoms with E-state index < -0.39 is 10.0 Å². The molecule has 0 aliphatic carbocycles. The van der Waals surface area contributed by atoms with E-state index in [2.05, 4.69) is 20.5 Å². The highest BCUT2D eigenvalue weighted by molar-refractivity contribution is 7.89. The van der Waals surface area contributed by atoms with Crippen molar-refractivity contribution in [1.82, 2.24) is 15.2 Å². The van der Waals surface area contributed by atoms with E-state index in [0.29, 0.717) is 17.2 Å². The Bertz CT molecular complexity index is 752. The van der Waals surface area contributed by atoms with Crippen LogP contribution in [0.1, 0.15) is 5.69 Å². The lowest BCUT2D eigenvalue weighted by Crippen LogP contribution is -2.11. The highest BCUT2D eigenvalue weighted by atomic mass is 32.2. The average Bonchev–Trinajstić information content (AvgIpc) is 2.33. The Morgan fingerprint density at radius 1 is 1.32 bits per heavy atom. The first-order chi connectivity index (χ1) is 8.86. The van der Waals surface area contributed by atoms with Crippen LogP contribution < -0.4 is 10.5 Å². The third kappa shape index (κ3) is 3.34. The van der Waals surface area contributed by atoms with Crippen molar-refractivity contribution in [3.05, 3.63) is 34.7 Å². The van der Waals surface area contributed by atoms with E-state index in [9.17, 15) is 8.42 Å². The molecule has 0 saturated carbocycles. The van der Waals surface area contributed by atoms with Gasteiger partial charge in [-0.1, -0.05) is 0 Å². The quantitative estimate of drug-likeness (QED) is 0.734. The lowest BCUT2D eigenvalue weighted by Gasteiger charge is -2.07. The molecule has 4 N–H and O–H groups in total. The second-order valence-corrected chi connectivity index (χ2v) is 5.72. The summed E-state index contributed by atoms with van der Waals surface area (Å²) in [6.45, 7) is 1.76. The van der Waals surface area contributed by atoms with Crippen molar-refractivity contribution in [3.63, 3.8) is 0 Å². The van der Waals surface area contributed by atoms with E-state index in [1.165, 1.54) is 12.1 Å². The van der Waals surface area contributed by atoms with Crippen LogP contribution in [0.15, 0.2) is 29.2 Å². The Morgan fingerprint density at radius 3 is 2.53 bits per heavy atom. The number of nitrogens with two attached hydrogens (primary N) is 1. The molecule has 19 heavy (non-hydrogen) atoms. The molecule has 1 aromatic carbocycles. The van der Waals surface area contributed by atoms with Crippen molar-refractivity contribution in [1.29, 1.82) is 0 Å². The highest BCUT2D eigenvalue weighted by Gasteiger charge is 2.07. The molecule has 1 aromatic heterocycles. The van der Waals surface area contributed by atoms with Gasteiger partial charge in [-0.05, 0) is 43.4 Å². The fraction of sp³-hybridized carbons (Fsp3) is 0.100. The molecule has 100 valence electrons. The minimum absolute atomic E-state index is 0.0474. The summed E-state index contributed by atoms with van der Waals surface area (Å²) < 4.78 is 22.5. The van der Waals surface area contributed by atoms with Gasteiger partial charge in [-0.15, -0.1) is 0 Å². The summed E-state index contributed by atoms with van der Waals surface area (Å²) in [5.74, 6) is 0.507. The highest BCUT2D eigenvalue weighted by Crippen LogP contribution is 2.18. The third-order valence-electron chi connectivity index (χ3n) is 2.32. The zero-order valence-electron chi connectivity index (χ0n) is 9.91. The van der Waals surface area contributed by atoms with Crippen LogP contribution in [0.25, 0.3) is 0 Å². The zero-order chi connectivity index (χ0) is 14.0. The summed E-state index contributed by atoms with van der Waals surface area (Å²) >= 11 is 4.88. The van der Waals surface area contributed by atoms with Crippen molar-refractivity contribution >= 4 is 33.7 Å². The van der Waals surface area contributed by atoms with Gasteiger partial charge in [0, 0.05) is 5.69 Å². The molecule has 2 aromatic rings. The molecule has 0 fully saturated rings. The van der Waals surface area contributed by atoms with Gasteiger partial charge in [0.15, 0.2) is 5.82 Å². The second-order valence-electron chi connectivity index (χ2n) is 3.77. The van der Waals surface area contributed by atoms with Crippen LogP contribution in [0.3, 0.4) is 0 Å². The van der Waals surface area contributed by atoms with E-state index in [0.717, 1.165) is 0 Å². The molecule has 9 heteroatoms. The van der Waals surface area contributed by atoms with Crippen LogP contribution in [0.4, 0.5) is 11.5 Å². The molecule has 7 nitrogen and oxygen atoms in total. The number of benzene rings is 1. The number of nitrogens with one attached hydrogen (secondary N) is 2. The van der Waals surface area contributed by atoms with Crippen LogP contribution in [0.5, 0.6) is 0 Å². The second kappa shape index (κ2) is 5.03. The first-order valence-electron chi connectivity index (χ1n) is 5.19. The lowest BCUT2D eigenvalue weighted by atomic mass is 10.3. The van der Waals surface area contributed by atoms with Crippen molar-refractivity contribution < 1.29 is 8.42 Å². The number of H-pyrrole nitrogens is 1. The Hall–Kier alpha value is -1.84. The smallest absolute Gasteiger partial charge is 0.238 e. The van der Waals surface area contributed by atoms with E-state index >= 15 is 0 Å². The van der Waals surface area contributed by atoms with E-state index in [4.69, 9.17) is 17.4 Å². The Labute approximate surface area is 114 Å². The normalized spacial score (nSPS) is 11.3. The minimum Gasteiger partial charge on any atom is -0.339 e. The first-order valence-corrected chi connectivity index (χ1v) is 7.15. The third-order valence-corrected chi connectivity index (χ3v) is 3.43. The molecule has 2 rings (SSSR count). The van der Waals surface area contributed by atoms with Crippen molar-refractivity contribution in [2.45, 2.75) is 11.8 Å². The van der Waals surface area contributed by atoms with E-state index in [1.807, 2.05) is 0 Å². The predicted molar refractivity (Wildman–Crippen MR) is 73.1 cm³/mol. The Kier molecular flexibility index (Phi) is 3.60. The number of nitrogens with zero attached hydrogens (tertiary/aromatic N) is 2. The number of aromatic amines is 1. The summed E-state index contributed by atoms with van der Waals surface area (Å²) in [5, 5.41) is 14.5. The molecule has 0 aliphatic rings. The fourth-order valence-electron chi connectivity index (χ4n) is 1.38. The lowest BCUT2D eigenvalue weighted by molar-refractivity contribution is 0.598. The Morgan fingerprint density at radius 2 is 1.95 bits per heavy atom. The molecule has 0 amide bonds. The zero-order valence-corrected chi connectivity index (χ0v) is 11.5. The molecule has 0 saturated heterocycles. The fourth-order valence-corrected chi connectivity index (χ4v) is 2.03. The van der Waals surface area contributed by atoms with Gasteiger partial charge in [-0.3, -0.25) is 5.10 Å². The molecule has 0 aliphatic heterocycles. The van der Waals surface area contributed by atoms with Gasteiger partial charge < -0.3 is 5.32 Å². The molecule has 0 unspecified atom stereocenters. The molecular weight excluding hydrogens is 286 g/mol. The summed E-state index contributed by atoms with van der Waals surface area (Å²) in [6, 6.07) is 5.98.